The molecule has 1 aromatic carbocycles. The minimum absolute atomic E-state index is 0.0232. The molecule has 0 aliphatic carbocycles. The molecule has 6 nitrogen and oxygen atoms in total. The Morgan fingerprint density at radius 2 is 1.79 bits per heavy atom. The predicted molar refractivity (Wildman–Crippen MR) is 89.4 cm³/mol. The van der Waals surface area contributed by atoms with Gasteiger partial charge >= 0.3 is 0 Å². The second kappa shape index (κ2) is 6.79. The van der Waals surface area contributed by atoms with Crippen LogP contribution in [-0.2, 0) is 10.0 Å². The molecule has 2 aromatic rings. The smallest absolute Gasteiger partial charge is 0.243 e. The summed E-state index contributed by atoms with van der Waals surface area (Å²) in [7, 11) is -3.72. The summed E-state index contributed by atoms with van der Waals surface area (Å²) < 4.78 is 39.8. The number of benzene rings is 1. The van der Waals surface area contributed by atoms with E-state index >= 15 is 0 Å². The molecule has 1 aliphatic heterocycles. The SMILES string of the molecule is O=S(=O)(c1ccc(F)c(Cl)c1)N1CCN(c2cncc(Cl)n2)CC1. The van der Waals surface area contributed by atoms with E-state index in [1.54, 1.807) is 6.20 Å². The Hall–Kier alpha value is -1.48. The topological polar surface area (TPSA) is 66.4 Å². The summed E-state index contributed by atoms with van der Waals surface area (Å²) in [4.78, 5) is 10.0. The lowest BCUT2D eigenvalue weighted by atomic mass is 10.3. The van der Waals surface area contributed by atoms with Gasteiger partial charge in [0.25, 0.3) is 0 Å². The van der Waals surface area contributed by atoms with Gasteiger partial charge in [0, 0.05) is 26.2 Å². The number of halogens is 3. The largest absolute Gasteiger partial charge is 0.353 e. The molecule has 1 fully saturated rings. The van der Waals surface area contributed by atoms with Crippen molar-refractivity contribution in [3.63, 3.8) is 0 Å². The standard InChI is InChI=1S/C14H13Cl2FN4O2S/c15-11-7-10(1-2-12(11)17)24(22,23)21-5-3-20(4-6-21)14-9-18-8-13(16)19-14/h1-2,7-9H,3-6H2. The Bertz CT molecular complexity index is 858. The Morgan fingerprint density at radius 1 is 1.08 bits per heavy atom. The van der Waals surface area contributed by atoms with Gasteiger partial charge in [-0.3, -0.25) is 4.98 Å². The van der Waals surface area contributed by atoms with Crippen molar-refractivity contribution in [3.8, 4) is 0 Å². The first-order chi connectivity index (χ1) is 11.4. The highest BCUT2D eigenvalue weighted by molar-refractivity contribution is 7.89. The number of nitrogens with zero attached hydrogens (tertiary/aromatic N) is 4. The van der Waals surface area contributed by atoms with Crippen molar-refractivity contribution < 1.29 is 12.8 Å². The van der Waals surface area contributed by atoms with Crippen molar-refractivity contribution in [2.45, 2.75) is 4.90 Å². The van der Waals surface area contributed by atoms with Crippen LogP contribution in [0.3, 0.4) is 0 Å². The second-order valence-electron chi connectivity index (χ2n) is 5.17. The van der Waals surface area contributed by atoms with Gasteiger partial charge in [-0.1, -0.05) is 23.2 Å². The zero-order valence-corrected chi connectivity index (χ0v) is 14.7. The van der Waals surface area contributed by atoms with Crippen LogP contribution < -0.4 is 4.90 Å². The third-order valence-electron chi connectivity index (χ3n) is 3.68. The predicted octanol–water partition coefficient (Wildman–Crippen LogP) is 2.43. The molecule has 1 aromatic heterocycles. The first kappa shape index (κ1) is 17.3. The first-order valence-corrected chi connectivity index (χ1v) is 9.25. The summed E-state index contributed by atoms with van der Waals surface area (Å²) in [6, 6.07) is 3.39. The third kappa shape index (κ3) is 3.46. The van der Waals surface area contributed by atoms with E-state index in [4.69, 9.17) is 23.2 Å². The molecule has 3 rings (SSSR count). The molecule has 0 saturated carbocycles. The summed E-state index contributed by atoms with van der Waals surface area (Å²) in [6.45, 7) is 1.43. The highest BCUT2D eigenvalue weighted by atomic mass is 35.5. The molecule has 0 amide bonds. The summed E-state index contributed by atoms with van der Waals surface area (Å²) in [5.41, 5.74) is 0. The van der Waals surface area contributed by atoms with Crippen LogP contribution in [0.4, 0.5) is 10.2 Å². The number of hydrogen-bond acceptors (Lipinski definition) is 5. The van der Waals surface area contributed by atoms with Crippen molar-refractivity contribution in [3.05, 3.63) is 46.6 Å². The quantitative estimate of drug-likeness (QED) is 0.804. The average molecular weight is 391 g/mol. The van der Waals surface area contributed by atoms with Crippen LogP contribution in [0, 0.1) is 5.82 Å². The highest BCUT2D eigenvalue weighted by Gasteiger charge is 2.29. The molecular weight excluding hydrogens is 378 g/mol. The molecule has 10 heteroatoms. The van der Waals surface area contributed by atoms with Crippen molar-refractivity contribution >= 4 is 39.0 Å². The second-order valence-corrected chi connectivity index (χ2v) is 7.90. The van der Waals surface area contributed by atoms with E-state index in [2.05, 4.69) is 9.97 Å². The molecule has 2 heterocycles. The molecule has 0 radical (unpaired) electrons. The number of piperazine rings is 1. The fourth-order valence-corrected chi connectivity index (χ4v) is 4.27. The summed E-state index contributed by atoms with van der Waals surface area (Å²) in [5, 5.41) is 0.0624. The van der Waals surface area contributed by atoms with E-state index in [9.17, 15) is 12.8 Å². The number of hydrogen-bond donors (Lipinski definition) is 0. The lowest BCUT2D eigenvalue weighted by Gasteiger charge is -2.34. The molecule has 0 N–H and O–H groups in total. The average Bonchev–Trinajstić information content (AvgIpc) is 2.57. The van der Waals surface area contributed by atoms with Crippen LogP contribution in [0.25, 0.3) is 0 Å². The number of anilines is 1. The fourth-order valence-electron chi connectivity index (χ4n) is 2.43. The van der Waals surface area contributed by atoms with Crippen molar-refractivity contribution in [1.82, 2.24) is 14.3 Å². The molecule has 0 bridgehead atoms. The van der Waals surface area contributed by atoms with Crippen LogP contribution in [0.2, 0.25) is 10.2 Å². The van der Waals surface area contributed by atoms with Crippen molar-refractivity contribution in [2.24, 2.45) is 0 Å². The molecular formula is C14H13Cl2FN4O2S. The van der Waals surface area contributed by atoms with Gasteiger partial charge in [-0.2, -0.15) is 4.31 Å². The minimum atomic E-state index is -3.72. The maximum Gasteiger partial charge on any atom is 0.243 e. The molecule has 24 heavy (non-hydrogen) atoms. The lowest BCUT2D eigenvalue weighted by molar-refractivity contribution is 0.383. The molecule has 0 unspecified atom stereocenters. The highest BCUT2D eigenvalue weighted by Crippen LogP contribution is 2.24. The number of aromatic nitrogens is 2. The maximum atomic E-state index is 13.2. The fraction of sp³-hybridized carbons (Fsp3) is 0.286. The van der Waals surface area contributed by atoms with Gasteiger partial charge < -0.3 is 4.90 Å². The van der Waals surface area contributed by atoms with Gasteiger partial charge in [0.1, 0.15) is 16.8 Å². The Morgan fingerprint density at radius 3 is 2.42 bits per heavy atom. The monoisotopic (exact) mass is 390 g/mol. The van der Waals surface area contributed by atoms with E-state index in [-0.39, 0.29) is 28.2 Å². The van der Waals surface area contributed by atoms with Crippen molar-refractivity contribution in [1.29, 1.82) is 0 Å². The number of sulfonamides is 1. The molecule has 1 saturated heterocycles. The first-order valence-electron chi connectivity index (χ1n) is 7.05. The molecule has 0 spiro atoms. The van der Waals surface area contributed by atoms with Crippen LogP contribution >= 0.6 is 23.2 Å². The van der Waals surface area contributed by atoms with E-state index in [0.717, 1.165) is 12.1 Å². The lowest BCUT2D eigenvalue weighted by Crippen LogP contribution is -2.49. The van der Waals surface area contributed by atoms with Gasteiger partial charge in [0.2, 0.25) is 10.0 Å². The van der Waals surface area contributed by atoms with E-state index < -0.39 is 15.8 Å². The summed E-state index contributed by atoms with van der Waals surface area (Å²) in [5.74, 6) is -0.0515. The summed E-state index contributed by atoms with van der Waals surface area (Å²) >= 11 is 11.5. The zero-order valence-electron chi connectivity index (χ0n) is 12.4. The maximum absolute atomic E-state index is 13.2. The summed E-state index contributed by atoms with van der Waals surface area (Å²) in [6.07, 6.45) is 3.01. The molecule has 128 valence electrons. The van der Waals surface area contributed by atoms with Gasteiger partial charge in [-0.05, 0) is 18.2 Å². The van der Waals surface area contributed by atoms with E-state index in [1.165, 1.54) is 16.6 Å². The normalized spacial score (nSPS) is 16.4. The van der Waals surface area contributed by atoms with E-state index in [0.29, 0.717) is 18.9 Å². The third-order valence-corrected chi connectivity index (χ3v) is 6.05. The Kier molecular flexibility index (Phi) is 4.91. The van der Waals surface area contributed by atoms with Crippen LogP contribution in [0.5, 0.6) is 0 Å². The minimum Gasteiger partial charge on any atom is -0.353 e. The van der Waals surface area contributed by atoms with E-state index in [1.807, 2.05) is 4.90 Å². The van der Waals surface area contributed by atoms with Gasteiger partial charge in [0.05, 0.1) is 22.3 Å². The number of rotatable bonds is 3. The Labute approximate surface area is 148 Å². The van der Waals surface area contributed by atoms with Crippen LogP contribution in [0.15, 0.2) is 35.5 Å². The molecule has 1 aliphatic rings. The zero-order chi connectivity index (χ0) is 17.3. The Balaban J connectivity index is 1.74. The van der Waals surface area contributed by atoms with Gasteiger partial charge in [-0.25, -0.2) is 17.8 Å². The van der Waals surface area contributed by atoms with Crippen LogP contribution in [0.1, 0.15) is 0 Å². The van der Waals surface area contributed by atoms with Crippen molar-refractivity contribution in [2.75, 3.05) is 31.1 Å². The molecule has 0 atom stereocenters. The van der Waals surface area contributed by atoms with Crippen LogP contribution in [-0.4, -0.2) is 48.9 Å². The van der Waals surface area contributed by atoms with Gasteiger partial charge in [-0.15, -0.1) is 0 Å². The van der Waals surface area contributed by atoms with Gasteiger partial charge in [0.15, 0.2) is 0 Å².